The average Bonchev–Trinajstić information content (AvgIpc) is 2.83. The van der Waals surface area contributed by atoms with Crippen molar-refractivity contribution in [3.63, 3.8) is 0 Å². The Balaban J connectivity index is 0.00000400. The van der Waals surface area contributed by atoms with E-state index in [-0.39, 0.29) is 54.6 Å². The molecule has 1 unspecified atom stereocenters. The van der Waals surface area contributed by atoms with Gasteiger partial charge in [-0.05, 0) is 30.7 Å². The topological polar surface area (TPSA) is 113 Å². The molecule has 3 heterocycles. The normalized spacial score (nSPS) is 20.0. The van der Waals surface area contributed by atoms with E-state index in [1.807, 2.05) is 0 Å². The average molecular weight is 568 g/mol. The van der Waals surface area contributed by atoms with Gasteiger partial charge in [-0.15, -0.1) is 12.4 Å². The van der Waals surface area contributed by atoms with E-state index in [9.17, 15) is 41.0 Å². The Kier molecular flexibility index (Phi) is 8.58. The van der Waals surface area contributed by atoms with Crippen molar-refractivity contribution in [2.75, 3.05) is 13.1 Å². The van der Waals surface area contributed by atoms with Gasteiger partial charge >= 0.3 is 6.18 Å². The van der Waals surface area contributed by atoms with Gasteiger partial charge in [-0.2, -0.15) is 13.2 Å². The van der Waals surface area contributed by atoms with Crippen molar-refractivity contribution < 1.29 is 41.0 Å². The fourth-order valence-electron chi connectivity index (χ4n) is 4.39. The summed E-state index contributed by atoms with van der Waals surface area (Å²) in [7, 11) is 0. The highest BCUT2D eigenvalue weighted by Gasteiger charge is 2.48. The number of fused-ring (bicyclic) bond motifs is 1. The quantitative estimate of drug-likeness (QED) is 0.538. The molecular weight excluding hydrogens is 544 g/mol. The standard InChI is InChI=1S/C23H23F6N5O3.ClH/c24-13-3-1-12(2-4-13)20-31-16-11-33(8-6-15(16)19(32-20)23(27,28)29)18(36)9-14(30)10-34-17(35)5-7-22(25,26)21(34)37;/h1-4,14,21,37H,5-11,30H2;1H/t14-,21?;/m0./s1. The van der Waals surface area contributed by atoms with Crippen molar-refractivity contribution in [3.8, 4) is 11.4 Å². The van der Waals surface area contributed by atoms with E-state index in [2.05, 4.69) is 9.97 Å². The first-order chi connectivity index (χ1) is 17.3. The van der Waals surface area contributed by atoms with E-state index in [0.29, 0.717) is 4.90 Å². The van der Waals surface area contributed by atoms with Crippen molar-refractivity contribution in [3.05, 3.63) is 47.0 Å². The summed E-state index contributed by atoms with van der Waals surface area (Å²) in [6.07, 6.45) is -9.03. The number of aliphatic hydroxyl groups excluding tert-OH is 1. The molecule has 0 saturated carbocycles. The molecule has 0 spiro atoms. The monoisotopic (exact) mass is 567 g/mol. The number of aromatic nitrogens is 2. The number of alkyl halides is 5. The summed E-state index contributed by atoms with van der Waals surface area (Å²) in [5.74, 6) is -5.69. The number of likely N-dealkylation sites (tertiary alicyclic amines) is 1. The Hall–Kier alpha value is -2.97. The van der Waals surface area contributed by atoms with Crippen LogP contribution in [-0.2, 0) is 28.7 Å². The molecule has 1 aromatic heterocycles. The minimum Gasteiger partial charge on any atom is -0.368 e. The molecule has 8 nitrogen and oxygen atoms in total. The number of benzene rings is 1. The van der Waals surface area contributed by atoms with Crippen LogP contribution in [0.3, 0.4) is 0 Å². The van der Waals surface area contributed by atoms with E-state index < -0.39 is 73.5 Å². The van der Waals surface area contributed by atoms with Crippen LogP contribution in [-0.4, -0.2) is 68.0 Å². The highest BCUT2D eigenvalue weighted by atomic mass is 35.5. The molecule has 208 valence electrons. The van der Waals surface area contributed by atoms with Gasteiger partial charge in [0.25, 0.3) is 5.92 Å². The lowest BCUT2D eigenvalue weighted by Gasteiger charge is -2.38. The minimum atomic E-state index is -4.79. The molecule has 2 aliphatic heterocycles. The Labute approximate surface area is 219 Å². The third-order valence-electron chi connectivity index (χ3n) is 6.32. The molecule has 1 fully saturated rings. The van der Waals surface area contributed by atoms with Crippen molar-refractivity contribution >= 4 is 24.2 Å². The van der Waals surface area contributed by atoms with Crippen LogP contribution >= 0.6 is 12.4 Å². The van der Waals surface area contributed by atoms with Crippen molar-refractivity contribution in [2.45, 2.75) is 56.6 Å². The third kappa shape index (κ3) is 6.18. The maximum absolute atomic E-state index is 13.8. The van der Waals surface area contributed by atoms with Gasteiger partial charge in [-0.3, -0.25) is 9.59 Å². The number of nitrogens with two attached hydrogens (primary N) is 1. The lowest BCUT2D eigenvalue weighted by molar-refractivity contribution is -0.205. The van der Waals surface area contributed by atoms with Crippen LogP contribution in [0.2, 0.25) is 0 Å². The van der Waals surface area contributed by atoms with Crippen LogP contribution in [0, 0.1) is 5.82 Å². The molecule has 38 heavy (non-hydrogen) atoms. The summed E-state index contributed by atoms with van der Waals surface area (Å²) in [4.78, 5) is 34.5. The molecule has 2 amide bonds. The number of hydrogen-bond acceptors (Lipinski definition) is 6. The molecule has 2 aliphatic rings. The van der Waals surface area contributed by atoms with Gasteiger partial charge in [-0.25, -0.2) is 23.1 Å². The van der Waals surface area contributed by atoms with Crippen LogP contribution in [0.5, 0.6) is 0 Å². The zero-order valence-corrected chi connectivity index (χ0v) is 20.5. The molecule has 2 atom stereocenters. The predicted octanol–water partition coefficient (Wildman–Crippen LogP) is 2.90. The van der Waals surface area contributed by atoms with Gasteiger partial charge < -0.3 is 20.6 Å². The molecule has 0 radical (unpaired) electrons. The van der Waals surface area contributed by atoms with Crippen molar-refractivity contribution in [2.24, 2.45) is 5.73 Å². The summed E-state index contributed by atoms with van der Waals surface area (Å²) < 4.78 is 82.1. The second kappa shape index (κ2) is 11.0. The molecule has 15 heteroatoms. The molecule has 0 aliphatic carbocycles. The van der Waals surface area contributed by atoms with Crippen molar-refractivity contribution in [1.29, 1.82) is 0 Å². The van der Waals surface area contributed by atoms with Gasteiger partial charge in [0.2, 0.25) is 11.8 Å². The zero-order valence-electron chi connectivity index (χ0n) is 19.7. The summed E-state index contributed by atoms with van der Waals surface area (Å²) in [6, 6.07) is 3.49. The number of piperidine rings is 1. The molecule has 1 saturated heterocycles. The van der Waals surface area contributed by atoms with Crippen LogP contribution in [0.15, 0.2) is 24.3 Å². The first-order valence-electron chi connectivity index (χ1n) is 11.4. The predicted molar refractivity (Wildman–Crippen MR) is 123 cm³/mol. The molecule has 0 bridgehead atoms. The van der Waals surface area contributed by atoms with Crippen LogP contribution in [0.4, 0.5) is 26.3 Å². The Morgan fingerprint density at radius 1 is 1.18 bits per heavy atom. The van der Waals surface area contributed by atoms with Crippen molar-refractivity contribution in [1.82, 2.24) is 19.8 Å². The Morgan fingerprint density at radius 3 is 2.47 bits per heavy atom. The first kappa shape index (κ1) is 29.6. The minimum absolute atomic E-state index is 0. The van der Waals surface area contributed by atoms with Gasteiger partial charge in [-0.1, -0.05) is 0 Å². The van der Waals surface area contributed by atoms with E-state index in [1.165, 1.54) is 17.0 Å². The zero-order chi connectivity index (χ0) is 27.1. The number of hydrogen-bond donors (Lipinski definition) is 2. The van der Waals surface area contributed by atoms with E-state index in [1.54, 1.807) is 0 Å². The maximum Gasteiger partial charge on any atom is 0.433 e. The Morgan fingerprint density at radius 2 is 1.84 bits per heavy atom. The fraction of sp³-hybridized carbons (Fsp3) is 0.478. The second-order valence-corrected chi connectivity index (χ2v) is 9.04. The summed E-state index contributed by atoms with van der Waals surface area (Å²) in [5, 5.41) is 9.81. The largest absolute Gasteiger partial charge is 0.433 e. The summed E-state index contributed by atoms with van der Waals surface area (Å²) in [5.41, 5.74) is 4.74. The second-order valence-electron chi connectivity index (χ2n) is 9.04. The number of nitrogens with zero attached hydrogens (tertiary/aromatic N) is 4. The SMILES string of the molecule is Cl.N[C@@H](CC(=O)N1CCc2c(nc(-c3ccc(F)cc3)nc2C(F)(F)F)C1)CN1C(=O)CCC(F)(F)C1O. The van der Waals surface area contributed by atoms with Crippen LogP contribution in [0.25, 0.3) is 11.4 Å². The number of carbonyl (C=O) groups is 2. The van der Waals surface area contributed by atoms with E-state index >= 15 is 0 Å². The molecule has 1 aromatic carbocycles. The van der Waals surface area contributed by atoms with Gasteiger partial charge in [0.1, 0.15) is 5.82 Å². The lowest BCUT2D eigenvalue weighted by atomic mass is 10.0. The number of rotatable bonds is 5. The lowest BCUT2D eigenvalue weighted by Crippen LogP contribution is -2.58. The molecule has 4 rings (SSSR count). The Bertz CT molecular complexity index is 1200. The van der Waals surface area contributed by atoms with E-state index in [4.69, 9.17) is 5.73 Å². The first-order valence-corrected chi connectivity index (χ1v) is 11.4. The molecule has 3 N–H and O–H groups in total. The number of carbonyl (C=O) groups excluding carboxylic acids is 2. The summed E-state index contributed by atoms with van der Waals surface area (Å²) >= 11 is 0. The van der Waals surface area contributed by atoms with Crippen LogP contribution in [0.1, 0.15) is 36.2 Å². The van der Waals surface area contributed by atoms with Crippen LogP contribution < -0.4 is 5.73 Å². The summed E-state index contributed by atoms with van der Waals surface area (Å²) in [6.45, 7) is -0.880. The highest BCUT2D eigenvalue weighted by Crippen LogP contribution is 2.36. The van der Waals surface area contributed by atoms with Gasteiger partial charge in [0.05, 0.1) is 12.2 Å². The molecular formula is C23H24ClF6N5O3. The molecule has 2 aromatic rings. The van der Waals surface area contributed by atoms with Gasteiger partial charge in [0.15, 0.2) is 17.7 Å². The highest BCUT2D eigenvalue weighted by molar-refractivity contribution is 5.85. The fourth-order valence-corrected chi connectivity index (χ4v) is 4.39. The number of aliphatic hydroxyl groups is 1. The van der Waals surface area contributed by atoms with Gasteiger partial charge in [0, 0.05) is 49.5 Å². The smallest absolute Gasteiger partial charge is 0.368 e. The number of halogens is 7. The maximum atomic E-state index is 13.8. The number of amides is 2. The third-order valence-corrected chi connectivity index (χ3v) is 6.32. The van der Waals surface area contributed by atoms with E-state index in [0.717, 1.165) is 12.1 Å².